The summed E-state index contributed by atoms with van der Waals surface area (Å²) in [6.07, 6.45) is 14.4. The molecule has 324 valence electrons. The lowest BCUT2D eigenvalue weighted by Gasteiger charge is -2.33. The lowest BCUT2D eigenvalue weighted by molar-refractivity contribution is -0.153. The third-order valence-electron chi connectivity index (χ3n) is 10.9. The van der Waals surface area contributed by atoms with Gasteiger partial charge < -0.3 is 54.0 Å². The number of hydrogen-bond donors (Lipinski definition) is 5. The minimum atomic E-state index is -1.32. The lowest BCUT2D eigenvalue weighted by Crippen LogP contribution is -2.50. The molecule has 0 aromatic rings. The molecule has 0 amide bonds. The number of aliphatic hydroxyl groups is 5. The molecule has 2 rings (SSSR count). The zero-order valence-corrected chi connectivity index (χ0v) is 35.8. The second kappa shape index (κ2) is 25.7. The molecule has 1 saturated heterocycles. The summed E-state index contributed by atoms with van der Waals surface area (Å²) in [5, 5.41) is 55.7. The maximum atomic E-state index is 13.2. The first-order valence-electron chi connectivity index (χ1n) is 20.2. The Morgan fingerprint density at radius 3 is 2.12 bits per heavy atom. The average molecular weight is 805 g/mol. The average Bonchev–Trinajstić information content (AvgIpc) is 3.42. The van der Waals surface area contributed by atoms with E-state index in [9.17, 15) is 30.3 Å². The highest BCUT2D eigenvalue weighted by Crippen LogP contribution is 2.38. The van der Waals surface area contributed by atoms with Crippen LogP contribution in [0.25, 0.3) is 0 Å². The van der Waals surface area contributed by atoms with E-state index in [1.807, 2.05) is 32.9 Å². The van der Waals surface area contributed by atoms with Gasteiger partial charge in [-0.1, -0.05) is 106 Å². The number of rotatable bonds is 10. The van der Waals surface area contributed by atoms with Crippen LogP contribution in [0.2, 0.25) is 0 Å². The molecular weight excluding hydrogens is 732 g/mol. The van der Waals surface area contributed by atoms with Crippen LogP contribution in [0.1, 0.15) is 80.1 Å². The Labute approximate surface area is 341 Å². The third-order valence-corrected chi connectivity index (χ3v) is 10.9. The fourth-order valence-corrected chi connectivity index (χ4v) is 7.39. The SMILES string of the molecule is CCC[C@@H]1O[C@@](C)([C@@H](O)C/C=C/[C@@H]2OC(=O)/C=C/C=C/[C@@H](OC)[C@H](O)/C=C/C(C)=C/C(C)CCC[C@@H](OC)[C@H](O)/C=C/C(C)=C/[C@@H](C)[C@H](O)[C@H]2OC)[C@H](O)[C@@H]1OC. The predicted octanol–water partition coefficient (Wildman–Crippen LogP) is 5.24. The second-order valence-corrected chi connectivity index (χ2v) is 15.6. The van der Waals surface area contributed by atoms with Crippen LogP contribution in [0.5, 0.6) is 0 Å². The molecule has 2 aliphatic heterocycles. The van der Waals surface area contributed by atoms with E-state index in [1.54, 1.807) is 63.5 Å². The molecule has 2 heterocycles. The number of hydrogen-bond acceptors (Lipinski definition) is 12. The van der Waals surface area contributed by atoms with Gasteiger partial charge >= 0.3 is 5.97 Å². The molecule has 0 bridgehead atoms. The highest BCUT2D eigenvalue weighted by molar-refractivity contribution is 5.82. The van der Waals surface area contributed by atoms with Crippen LogP contribution in [-0.2, 0) is 33.2 Å². The number of methoxy groups -OCH3 is 4. The standard InChI is InChI=1S/C45H72O12/c1-11-16-38-43(55-10)44(51)45(6,57-38)39(48)21-15-20-37-42(54-9)41(50)32(5)28-31(4)24-26-34(47)36(53-8)19-14-17-29(2)27-30(3)23-25-33(46)35(52-7)18-12-13-22-40(49)56-37/h12-13,15,18,20,22-29,32-39,41-44,46-48,50-51H,11,14,16-17,19,21H2,1-10H3/b18-12+,20-15+,22-13+,25-23+,26-24+,30-27+,31-28+/t29?,32-,33-,34-,35-,36-,37+,38+,39+,41+,42+,43-,44-,45+/m1/s1. The smallest absolute Gasteiger partial charge is 0.331 e. The van der Waals surface area contributed by atoms with E-state index < -0.39 is 78.5 Å². The molecule has 0 radical (unpaired) electrons. The molecule has 14 atom stereocenters. The fourth-order valence-electron chi connectivity index (χ4n) is 7.39. The van der Waals surface area contributed by atoms with Crippen LogP contribution in [-0.4, -0.2) is 133 Å². The Morgan fingerprint density at radius 2 is 1.51 bits per heavy atom. The van der Waals surface area contributed by atoms with Crippen molar-refractivity contribution in [3.8, 4) is 0 Å². The van der Waals surface area contributed by atoms with Gasteiger partial charge in [-0.05, 0) is 58.4 Å². The molecule has 2 aliphatic rings. The van der Waals surface area contributed by atoms with Gasteiger partial charge in [0, 0.05) is 40.4 Å². The molecule has 1 fully saturated rings. The van der Waals surface area contributed by atoms with Crippen molar-refractivity contribution in [1.82, 2.24) is 0 Å². The van der Waals surface area contributed by atoms with Gasteiger partial charge in [0.25, 0.3) is 0 Å². The molecule has 12 heteroatoms. The minimum Gasteiger partial charge on any atom is -0.452 e. The van der Waals surface area contributed by atoms with Crippen molar-refractivity contribution in [3.05, 3.63) is 84.1 Å². The summed E-state index contributed by atoms with van der Waals surface area (Å²) in [6.45, 7) is 11.4. The number of carbonyl (C=O) groups excluding carboxylic acids is 1. The molecule has 57 heavy (non-hydrogen) atoms. The van der Waals surface area contributed by atoms with E-state index in [2.05, 4.69) is 13.0 Å². The summed E-state index contributed by atoms with van der Waals surface area (Å²) >= 11 is 0. The quantitative estimate of drug-likeness (QED) is 0.144. The third kappa shape index (κ3) is 15.7. The zero-order valence-electron chi connectivity index (χ0n) is 35.8. The Hall–Kier alpha value is -2.75. The van der Waals surface area contributed by atoms with Gasteiger partial charge in [-0.25, -0.2) is 4.79 Å². The van der Waals surface area contributed by atoms with Crippen LogP contribution < -0.4 is 0 Å². The molecular formula is C45H72O12. The van der Waals surface area contributed by atoms with Crippen molar-refractivity contribution >= 4 is 5.97 Å². The summed E-state index contributed by atoms with van der Waals surface area (Å²) in [5.41, 5.74) is 0.457. The van der Waals surface area contributed by atoms with Crippen LogP contribution in [0, 0.1) is 11.8 Å². The number of esters is 1. The zero-order chi connectivity index (χ0) is 42.7. The van der Waals surface area contributed by atoms with E-state index in [0.717, 1.165) is 30.4 Å². The summed E-state index contributed by atoms with van der Waals surface area (Å²) in [4.78, 5) is 13.2. The summed E-state index contributed by atoms with van der Waals surface area (Å²) < 4.78 is 34.4. The van der Waals surface area contributed by atoms with Crippen LogP contribution in [0.4, 0.5) is 0 Å². The largest absolute Gasteiger partial charge is 0.452 e. The number of ether oxygens (including phenoxy) is 6. The highest BCUT2D eigenvalue weighted by Gasteiger charge is 2.55. The molecule has 5 N–H and O–H groups in total. The fraction of sp³-hybridized carbons (Fsp3) is 0.667. The van der Waals surface area contributed by atoms with E-state index in [1.165, 1.54) is 33.5 Å². The normalized spacial score (nSPS) is 40.6. The molecule has 0 aromatic carbocycles. The topological polar surface area (TPSA) is 174 Å². The van der Waals surface area contributed by atoms with Crippen molar-refractivity contribution in [2.75, 3.05) is 28.4 Å². The van der Waals surface area contributed by atoms with Gasteiger partial charge in [0.05, 0.1) is 30.5 Å². The van der Waals surface area contributed by atoms with E-state index in [4.69, 9.17) is 28.4 Å². The Morgan fingerprint density at radius 1 is 0.860 bits per heavy atom. The van der Waals surface area contributed by atoms with Gasteiger partial charge in [0.2, 0.25) is 0 Å². The van der Waals surface area contributed by atoms with Crippen LogP contribution in [0.3, 0.4) is 0 Å². The van der Waals surface area contributed by atoms with Gasteiger partial charge in [-0.15, -0.1) is 0 Å². The predicted molar refractivity (Wildman–Crippen MR) is 221 cm³/mol. The number of aliphatic hydroxyl groups excluding tert-OH is 5. The van der Waals surface area contributed by atoms with Crippen LogP contribution in [0.15, 0.2) is 84.1 Å². The molecule has 0 saturated carbocycles. The van der Waals surface area contributed by atoms with Gasteiger partial charge in [-0.3, -0.25) is 0 Å². The van der Waals surface area contributed by atoms with E-state index in [0.29, 0.717) is 12.8 Å². The molecule has 1 unspecified atom stereocenters. The summed E-state index contributed by atoms with van der Waals surface area (Å²) in [5.74, 6) is -0.953. The maximum absolute atomic E-state index is 13.2. The van der Waals surface area contributed by atoms with Crippen molar-refractivity contribution in [3.63, 3.8) is 0 Å². The Balaban J connectivity index is 2.46. The lowest BCUT2D eigenvalue weighted by atomic mass is 9.88. The maximum Gasteiger partial charge on any atom is 0.331 e. The molecule has 0 aliphatic carbocycles. The van der Waals surface area contributed by atoms with Gasteiger partial charge in [0.15, 0.2) is 0 Å². The first-order chi connectivity index (χ1) is 27.1. The number of cyclic esters (lactones) is 1. The molecule has 0 spiro atoms. The highest BCUT2D eigenvalue weighted by atomic mass is 16.6. The van der Waals surface area contributed by atoms with Crippen molar-refractivity contribution in [2.24, 2.45) is 11.8 Å². The van der Waals surface area contributed by atoms with E-state index in [-0.39, 0.29) is 18.4 Å². The first kappa shape index (κ1) is 50.4. The molecule has 12 nitrogen and oxygen atoms in total. The van der Waals surface area contributed by atoms with Crippen molar-refractivity contribution in [2.45, 2.75) is 153 Å². The number of carbonyl (C=O) groups is 1. The van der Waals surface area contributed by atoms with Gasteiger partial charge in [0.1, 0.15) is 42.2 Å². The second-order valence-electron chi connectivity index (χ2n) is 15.6. The van der Waals surface area contributed by atoms with Crippen molar-refractivity contribution in [1.29, 1.82) is 0 Å². The van der Waals surface area contributed by atoms with Gasteiger partial charge in [-0.2, -0.15) is 0 Å². The van der Waals surface area contributed by atoms with Crippen LogP contribution >= 0.6 is 0 Å². The van der Waals surface area contributed by atoms with E-state index >= 15 is 0 Å². The monoisotopic (exact) mass is 805 g/mol. The summed E-state index contributed by atoms with van der Waals surface area (Å²) in [7, 11) is 5.98. The van der Waals surface area contributed by atoms with Crippen molar-refractivity contribution < 1.29 is 58.7 Å². The first-order valence-corrected chi connectivity index (χ1v) is 20.2. The Kier molecular flexibility index (Phi) is 22.7. The Bertz CT molecular complexity index is 1400. The summed E-state index contributed by atoms with van der Waals surface area (Å²) in [6, 6.07) is 0. The number of allylic oxidation sites excluding steroid dienone is 7. The minimum absolute atomic E-state index is 0.0235. The molecule has 0 aromatic heterocycles.